The van der Waals surface area contributed by atoms with E-state index in [9.17, 15) is 9.59 Å². The molecule has 0 radical (unpaired) electrons. The lowest BCUT2D eigenvalue weighted by molar-refractivity contribution is 0.0454. The van der Waals surface area contributed by atoms with Crippen LogP contribution in [0.15, 0.2) is 34.9 Å². The van der Waals surface area contributed by atoms with Crippen LogP contribution in [0.3, 0.4) is 0 Å². The van der Waals surface area contributed by atoms with Crippen LogP contribution in [0.4, 0.5) is 0 Å². The summed E-state index contributed by atoms with van der Waals surface area (Å²) in [7, 11) is 0. The summed E-state index contributed by atoms with van der Waals surface area (Å²) >= 11 is 0. The van der Waals surface area contributed by atoms with Crippen LogP contribution in [-0.4, -0.2) is 25.2 Å². The van der Waals surface area contributed by atoms with E-state index in [4.69, 9.17) is 13.9 Å². The van der Waals surface area contributed by atoms with Crippen molar-refractivity contribution in [1.82, 2.24) is 0 Å². The van der Waals surface area contributed by atoms with Gasteiger partial charge < -0.3 is 13.9 Å². The first-order chi connectivity index (χ1) is 12.6. The van der Waals surface area contributed by atoms with Crippen LogP contribution < -0.4 is 0 Å². The van der Waals surface area contributed by atoms with Gasteiger partial charge in [0.05, 0.1) is 13.2 Å². The van der Waals surface area contributed by atoms with Crippen molar-refractivity contribution in [3.05, 3.63) is 47.2 Å². The summed E-state index contributed by atoms with van der Waals surface area (Å²) in [5, 5.41) is 0. The Hall–Kier alpha value is -2.56. The maximum atomic E-state index is 12.7. The van der Waals surface area contributed by atoms with E-state index in [0.717, 1.165) is 36.8 Å². The zero-order chi connectivity index (χ0) is 18.9. The summed E-state index contributed by atoms with van der Waals surface area (Å²) in [4.78, 5) is 25.1. The molecule has 2 aromatic rings. The molecule has 0 unspecified atom stereocenters. The molecule has 0 fully saturated rings. The molecule has 0 amide bonds. The molecule has 5 heteroatoms. The fourth-order valence-corrected chi connectivity index (χ4v) is 2.50. The highest BCUT2D eigenvalue weighted by Crippen LogP contribution is 2.31. The summed E-state index contributed by atoms with van der Waals surface area (Å²) in [6, 6.07) is 7.53. The van der Waals surface area contributed by atoms with Gasteiger partial charge >= 0.3 is 11.9 Å². The Labute approximate surface area is 154 Å². The standard InChI is InChI=1S/C21H26O5/c1-4-6-12-24-20(22)17-14-26-19(16-11-9-8-10-15(16)3)18(17)21(23)25-13-7-5-2/h8-11,14H,4-7,12-13H2,1-3H3. The van der Waals surface area contributed by atoms with E-state index >= 15 is 0 Å². The number of esters is 2. The van der Waals surface area contributed by atoms with Crippen LogP contribution in [0.25, 0.3) is 11.3 Å². The molecule has 0 N–H and O–H groups in total. The zero-order valence-electron chi connectivity index (χ0n) is 15.7. The molecule has 2 rings (SSSR count). The second-order valence-corrected chi connectivity index (χ2v) is 6.15. The third-order valence-corrected chi connectivity index (χ3v) is 4.07. The Kier molecular flexibility index (Phi) is 7.45. The van der Waals surface area contributed by atoms with Gasteiger partial charge in [-0.15, -0.1) is 0 Å². The number of hydrogen-bond acceptors (Lipinski definition) is 5. The zero-order valence-corrected chi connectivity index (χ0v) is 15.7. The minimum absolute atomic E-state index is 0.112. The van der Waals surface area contributed by atoms with Gasteiger partial charge in [0.25, 0.3) is 0 Å². The van der Waals surface area contributed by atoms with Crippen molar-refractivity contribution in [2.75, 3.05) is 13.2 Å². The first-order valence-corrected chi connectivity index (χ1v) is 9.11. The van der Waals surface area contributed by atoms with Gasteiger partial charge in [-0.3, -0.25) is 0 Å². The van der Waals surface area contributed by atoms with Gasteiger partial charge in [-0.2, -0.15) is 0 Å². The van der Waals surface area contributed by atoms with Crippen LogP contribution in [0.1, 0.15) is 65.8 Å². The maximum absolute atomic E-state index is 12.7. The molecule has 0 bridgehead atoms. The molecule has 1 heterocycles. The van der Waals surface area contributed by atoms with Gasteiger partial charge in [0.2, 0.25) is 0 Å². The average molecular weight is 358 g/mol. The summed E-state index contributed by atoms with van der Waals surface area (Å²) in [6.45, 7) is 6.56. The predicted octanol–water partition coefficient (Wildman–Crippen LogP) is 5.17. The largest absolute Gasteiger partial charge is 0.462 e. The van der Waals surface area contributed by atoms with Crippen molar-refractivity contribution in [2.24, 2.45) is 0 Å². The Bertz CT molecular complexity index is 745. The fraction of sp³-hybridized carbons (Fsp3) is 0.429. The summed E-state index contributed by atoms with van der Waals surface area (Å²) in [6.07, 6.45) is 4.64. The molecule has 26 heavy (non-hydrogen) atoms. The normalized spacial score (nSPS) is 10.6. The molecule has 1 aromatic carbocycles. The van der Waals surface area contributed by atoms with Crippen LogP contribution >= 0.6 is 0 Å². The topological polar surface area (TPSA) is 65.7 Å². The lowest BCUT2D eigenvalue weighted by atomic mass is 10.0. The third-order valence-electron chi connectivity index (χ3n) is 4.07. The maximum Gasteiger partial charge on any atom is 0.342 e. The molecule has 0 saturated heterocycles. The smallest absolute Gasteiger partial charge is 0.342 e. The number of hydrogen-bond donors (Lipinski definition) is 0. The molecule has 5 nitrogen and oxygen atoms in total. The van der Waals surface area contributed by atoms with Crippen molar-refractivity contribution in [2.45, 2.75) is 46.5 Å². The molecule has 0 saturated carbocycles. The quantitative estimate of drug-likeness (QED) is 0.457. The number of benzene rings is 1. The number of furan rings is 1. The van der Waals surface area contributed by atoms with Crippen molar-refractivity contribution in [3.63, 3.8) is 0 Å². The molecule has 0 aliphatic carbocycles. The second kappa shape index (κ2) is 9.80. The van der Waals surface area contributed by atoms with Crippen molar-refractivity contribution >= 4 is 11.9 Å². The molecule has 1 aromatic heterocycles. The van der Waals surface area contributed by atoms with Crippen LogP contribution in [-0.2, 0) is 9.47 Å². The minimum Gasteiger partial charge on any atom is -0.462 e. The van der Waals surface area contributed by atoms with Crippen LogP contribution in [0.2, 0.25) is 0 Å². The number of aryl methyl sites for hydroxylation is 1. The van der Waals surface area contributed by atoms with E-state index in [1.165, 1.54) is 6.26 Å². The summed E-state index contributed by atoms with van der Waals surface area (Å²) < 4.78 is 16.2. The van der Waals surface area contributed by atoms with E-state index in [0.29, 0.717) is 19.0 Å². The molecule has 0 aliphatic heterocycles. The van der Waals surface area contributed by atoms with E-state index < -0.39 is 11.9 Å². The highest BCUT2D eigenvalue weighted by atomic mass is 16.5. The average Bonchev–Trinajstić information content (AvgIpc) is 3.07. The lowest BCUT2D eigenvalue weighted by Crippen LogP contribution is -2.14. The first kappa shape index (κ1) is 19.8. The molecule has 140 valence electrons. The predicted molar refractivity (Wildman–Crippen MR) is 99.3 cm³/mol. The van der Waals surface area contributed by atoms with Crippen molar-refractivity contribution in [1.29, 1.82) is 0 Å². The second-order valence-electron chi connectivity index (χ2n) is 6.15. The number of ether oxygens (including phenoxy) is 2. The van der Waals surface area contributed by atoms with E-state index in [2.05, 4.69) is 0 Å². The van der Waals surface area contributed by atoms with Crippen LogP contribution in [0, 0.1) is 6.92 Å². The fourth-order valence-electron chi connectivity index (χ4n) is 2.50. The number of carbonyl (C=O) groups is 2. The SMILES string of the molecule is CCCCOC(=O)c1coc(-c2ccccc2C)c1C(=O)OCCCC. The van der Waals surface area contributed by atoms with Gasteiger partial charge in [0, 0.05) is 5.56 Å². The van der Waals surface area contributed by atoms with Gasteiger partial charge in [-0.25, -0.2) is 9.59 Å². The monoisotopic (exact) mass is 358 g/mol. The third kappa shape index (κ3) is 4.75. The van der Waals surface area contributed by atoms with E-state index in [1.807, 2.05) is 45.0 Å². The first-order valence-electron chi connectivity index (χ1n) is 9.11. The number of rotatable bonds is 9. The summed E-state index contributed by atoms with van der Waals surface area (Å²) in [5.74, 6) is -0.788. The van der Waals surface area contributed by atoms with Gasteiger partial charge in [-0.1, -0.05) is 51.0 Å². The highest BCUT2D eigenvalue weighted by molar-refractivity contribution is 6.07. The van der Waals surface area contributed by atoms with Crippen molar-refractivity contribution < 1.29 is 23.5 Å². The molecule has 0 spiro atoms. The van der Waals surface area contributed by atoms with E-state index in [1.54, 1.807) is 0 Å². The Balaban J connectivity index is 2.37. The summed E-state index contributed by atoms with van der Waals surface area (Å²) in [5.41, 5.74) is 1.94. The van der Waals surface area contributed by atoms with Gasteiger partial charge in [0.15, 0.2) is 0 Å². The number of unbranched alkanes of at least 4 members (excludes halogenated alkanes) is 2. The molecule has 0 aliphatic rings. The number of carbonyl (C=O) groups excluding carboxylic acids is 2. The Morgan fingerprint density at radius 1 is 0.962 bits per heavy atom. The van der Waals surface area contributed by atoms with Gasteiger partial charge in [0.1, 0.15) is 23.2 Å². The molecular weight excluding hydrogens is 332 g/mol. The molecule has 0 atom stereocenters. The minimum atomic E-state index is -0.565. The lowest BCUT2D eigenvalue weighted by Gasteiger charge is -2.08. The Morgan fingerprint density at radius 2 is 1.58 bits per heavy atom. The Morgan fingerprint density at radius 3 is 2.19 bits per heavy atom. The van der Waals surface area contributed by atoms with Crippen molar-refractivity contribution in [3.8, 4) is 11.3 Å². The van der Waals surface area contributed by atoms with Crippen LogP contribution in [0.5, 0.6) is 0 Å². The highest BCUT2D eigenvalue weighted by Gasteiger charge is 2.28. The van der Waals surface area contributed by atoms with E-state index in [-0.39, 0.29) is 11.1 Å². The molecular formula is C21H26O5. The van der Waals surface area contributed by atoms with Gasteiger partial charge in [-0.05, 0) is 25.3 Å².